The largest absolute Gasteiger partial charge is 0.496 e. The van der Waals surface area contributed by atoms with Crippen molar-refractivity contribution in [3.63, 3.8) is 0 Å². The van der Waals surface area contributed by atoms with Crippen molar-refractivity contribution in [1.29, 1.82) is 0 Å². The molecule has 0 aliphatic carbocycles. The molecule has 0 fully saturated rings. The van der Waals surface area contributed by atoms with Crippen LogP contribution < -0.4 is 4.74 Å². The smallest absolute Gasteiger partial charge is 0.170 e. The number of rotatable bonds is 6. The topological polar surface area (TPSA) is 39.2 Å². The van der Waals surface area contributed by atoms with E-state index in [1.165, 1.54) is 4.70 Å². The minimum atomic E-state index is 0.0322. The van der Waals surface area contributed by atoms with Crippen LogP contribution in [-0.2, 0) is 6.42 Å². The molecular formula is C22H16BrNO2S2. The van der Waals surface area contributed by atoms with Crippen molar-refractivity contribution in [3.8, 4) is 5.75 Å². The van der Waals surface area contributed by atoms with Crippen LogP contribution in [0.2, 0.25) is 0 Å². The van der Waals surface area contributed by atoms with E-state index in [2.05, 4.69) is 27.0 Å². The Kier molecular flexibility index (Phi) is 5.80. The fourth-order valence-corrected chi connectivity index (χ4v) is 5.25. The van der Waals surface area contributed by atoms with Crippen molar-refractivity contribution in [2.75, 3.05) is 7.11 Å². The van der Waals surface area contributed by atoms with E-state index in [0.717, 1.165) is 24.8 Å². The van der Waals surface area contributed by atoms with Crippen LogP contribution in [-0.4, -0.2) is 17.9 Å². The molecule has 140 valence electrons. The van der Waals surface area contributed by atoms with E-state index < -0.39 is 0 Å². The number of benzene rings is 3. The Bertz CT molecular complexity index is 1110. The molecule has 4 rings (SSSR count). The molecule has 3 aromatic carbocycles. The summed E-state index contributed by atoms with van der Waals surface area (Å²) in [5.41, 5.74) is 2.59. The van der Waals surface area contributed by atoms with Crippen molar-refractivity contribution < 1.29 is 9.53 Å². The van der Waals surface area contributed by atoms with E-state index >= 15 is 0 Å². The van der Waals surface area contributed by atoms with Crippen LogP contribution in [0, 0.1) is 0 Å². The number of hydrogen-bond acceptors (Lipinski definition) is 5. The summed E-state index contributed by atoms with van der Waals surface area (Å²) >= 11 is 6.75. The van der Waals surface area contributed by atoms with Gasteiger partial charge in [0.2, 0.25) is 0 Å². The number of ether oxygens (including phenoxy) is 1. The first-order valence-corrected chi connectivity index (χ1v) is 11.0. The molecule has 0 aliphatic rings. The normalized spacial score (nSPS) is 10.9. The predicted octanol–water partition coefficient (Wildman–Crippen LogP) is 6.64. The van der Waals surface area contributed by atoms with Crippen LogP contribution in [0.25, 0.3) is 10.2 Å². The van der Waals surface area contributed by atoms with Crippen LogP contribution in [0.1, 0.15) is 15.9 Å². The molecule has 1 heterocycles. The van der Waals surface area contributed by atoms with E-state index in [1.54, 1.807) is 42.3 Å². The molecule has 0 saturated carbocycles. The number of nitrogens with zero attached hydrogens (tertiary/aromatic N) is 1. The number of halogens is 1. The number of aromatic nitrogens is 1. The summed E-state index contributed by atoms with van der Waals surface area (Å²) in [6, 6.07) is 21.7. The first kappa shape index (κ1) is 19.2. The Balaban J connectivity index is 1.47. The molecular weight excluding hydrogens is 454 g/mol. The van der Waals surface area contributed by atoms with Gasteiger partial charge in [-0.1, -0.05) is 52.0 Å². The standard InChI is InChI=1S/C22H16BrNO2S2/c1-26-20-11-8-15(23)13-17(20)19(25)12-14-6-9-16(10-7-14)27-22-24-18-4-2-3-5-21(18)28-22/h2-11,13H,12H2,1H3. The van der Waals surface area contributed by atoms with Gasteiger partial charge in [-0.3, -0.25) is 4.79 Å². The van der Waals surface area contributed by atoms with E-state index in [9.17, 15) is 4.79 Å². The first-order valence-electron chi connectivity index (χ1n) is 8.61. The zero-order chi connectivity index (χ0) is 19.5. The number of carbonyl (C=O) groups excluding carboxylic acids is 1. The van der Waals surface area contributed by atoms with Gasteiger partial charge in [0.25, 0.3) is 0 Å². The van der Waals surface area contributed by atoms with Gasteiger partial charge in [0.05, 0.1) is 22.9 Å². The highest BCUT2D eigenvalue weighted by molar-refractivity contribution is 9.10. The molecule has 0 saturated heterocycles. The average Bonchev–Trinajstić information content (AvgIpc) is 3.11. The Morgan fingerprint density at radius 1 is 1.11 bits per heavy atom. The molecule has 6 heteroatoms. The summed E-state index contributed by atoms with van der Waals surface area (Å²) in [5.74, 6) is 0.626. The summed E-state index contributed by atoms with van der Waals surface area (Å²) in [5, 5.41) is 0. The molecule has 0 amide bonds. The van der Waals surface area contributed by atoms with Crippen molar-refractivity contribution in [1.82, 2.24) is 4.98 Å². The number of methoxy groups -OCH3 is 1. The zero-order valence-corrected chi connectivity index (χ0v) is 18.2. The summed E-state index contributed by atoms with van der Waals surface area (Å²) in [6.07, 6.45) is 0.332. The molecule has 0 N–H and O–H groups in total. The molecule has 0 spiro atoms. The van der Waals surface area contributed by atoms with Crippen LogP contribution in [0.15, 0.2) is 80.4 Å². The van der Waals surface area contributed by atoms with Crippen LogP contribution in [0.4, 0.5) is 0 Å². The number of fused-ring (bicyclic) bond motifs is 1. The number of thiazole rings is 1. The second-order valence-electron chi connectivity index (χ2n) is 6.14. The summed E-state index contributed by atoms with van der Waals surface area (Å²) in [6.45, 7) is 0. The van der Waals surface area contributed by atoms with Gasteiger partial charge in [0.1, 0.15) is 5.75 Å². The molecule has 0 bridgehead atoms. The molecule has 0 radical (unpaired) electrons. The molecule has 3 nitrogen and oxygen atoms in total. The summed E-state index contributed by atoms with van der Waals surface area (Å²) < 4.78 is 8.39. The van der Waals surface area contributed by atoms with Gasteiger partial charge in [0.15, 0.2) is 10.1 Å². The number of hydrogen-bond donors (Lipinski definition) is 0. The zero-order valence-electron chi connectivity index (χ0n) is 15.0. The molecule has 1 aromatic heterocycles. The highest BCUT2D eigenvalue weighted by Crippen LogP contribution is 2.34. The number of carbonyl (C=O) groups is 1. The van der Waals surface area contributed by atoms with E-state index in [4.69, 9.17) is 4.74 Å². The van der Waals surface area contributed by atoms with Crippen molar-refractivity contribution in [2.24, 2.45) is 0 Å². The maximum absolute atomic E-state index is 12.7. The van der Waals surface area contributed by atoms with Gasteiger partial charge in [-0.05, 0) is 48.0 Å². The van der Waals surface area contributed by atoms with Crippen molar-refractivity contribution >= 4 is 55.0 Å². The third kappa shape index (κ3) is 4.29. The van der Waals surface area contributed by atoms with Gasteiger partial charge in [-0.25, -0.2) is 4.98 Å². The summed E-state index contributed by atoms with van der Waals surface area (Å²) in [4.78, 5) is 18.5. The monoisotopic (exact) mass is 469 g/mol. The van der Waals surface area contributed by atoms with Crippen molar-refractivity contribution in [2.45, 2.75) is 15.7 Å². The van der Waals surface area contributed by atoms with E-state index in [1.807, 2.05) is 48.5 Å². The molecule has 0 atom stereocenters. The van der Waals surface area contributed by atoms with E-state index in [-0.39, 0.29) is 5.78 Å². The lowest BCUT2D eigenvalue weighted by Gasteiger charge is -2.08. The third-order valence-electron chi connectivity index (χ3n) is 4.23. The highest BCUT2D eigenvalue weighted by atomic mass is 79.9. The molecule has 0 aliphatic heterocycles. The lowest BCUT2D eigenvalue weighted by Crippen LogP contribution is -2.06. The Morgan fingerprint density at radius 2 is 1.89 bits per heavy atom. The molecule has 4 aromatic rings. The van der Waals surface area contributed by atoms with Gasteiger partial charge < -0.3 is 4.74 Å². The first-order chi connectivity index (χ1) is 13.6. The fourth-order valence-electron chi connectivity index (χ4n) is 2.85. The van der Waals surface area contributed by atoms with Gasteiger partial charge in [0, 0.05) is 15.8 Å². The van der Waals surface area contributed by atoms with Gasteiger partial charge in [-0.2, -0.15) is 0 Å². The number of ketones is 1. The molecule has 0 unspecified atom stereocenters. The average molecular weight is 470 g/mol. The minimum Gasteiger partial charge on any atom is -0.496 e. The molecule has 28 heavy (non-hydrogen) atoms. The Hall–Kier alpha value is -2.15. The second kappa shape index (κ2) is 8.47. The van der Waals surface area contributed by atoms with E-state index in [0.29, 0.717) is 17.7 Å². The van der Waals surface area contributed by atoms with Gasteiger partial charge >= 0.3 is 0 Å². The maximum Gasteiger partial charge on any atom is 0.170 e. The second-order valence-corrected chi connectivity index (χ2v) is 9.41. The lowest BCUT2D eigenvalue weighted by molar-refractivity contribution is 0.0990. The summed E-state index contributed by atoms with van der Waals surface area (Å²) in [7, 11) is 1.58. The third-order valence-corrected chi connectivity index (χ3v) is 6.83. The van der Waals surface area contributed by atoms with Gasteiger partial charge in [-0.15, -0.1) is 11.3 Å². The highest BCUT2D eigenvalue weighted by Gasteiger charge is 2.14. The Morgan fingerprint density at radius 3 is 2.64 bits per heavy atom. The van der Waals surface area contributed by atoms with Crippen LogP contribution in [0.3, 0.4) is 0 Å². The SMILES string of the molecule is COc1ccc(Br)cc1C(=O)Cc1ccc(Sc2nc3ccccc3s2)cc1. The quantitative estimate of drug-likeness (QED) is 0.296. The van der Waals surface area contributed by atoms with Crippen LogP contribution in [0.5, 0.6) is 5.75 Å². The fraction of sp³-hybridized carbons (Fsp3) is 0.0909. The Labute approximate surface area is 179 Å². The number of Topliss-reactive ketones (excluding diaryl/α,β-unsaturated/α-hetero) is 1. The minimum absolute atomic E-state index is 0.0322. The van der Waals surface area contributed by atoms with Crippen LogP contribution >= 0.6 is 39.0 Å². The van der Waals surface area contributed by atoms with Crippen molar-refractivity contribution in [3.05, 3.63) is 82.3 Å². The predicted molar refractivity (Wildman–Crippen MR) is 119 cm³/mol. The lowest BCUT2D eigenvalue weighted by atomic mass is 10.0. The number of para-hydroxylation sites is 1. The maximum atomic E-state index is 12.7.